The summed E-state index contributed by atoms with van der Waals surface area (Å²) in [7, 11) is 5.39. The molecule has 0 aromatic carbocycles. The van der Waals surface area contributed by atoms with Crippen LogP contribution in [-0.4, -0.2) is 45.2 Å². The molecule has 1 aromatic heterocycles. The number of furan rings is 1. The third-order valence-electron chi connectivity index (χ3n) is 2.11. The zero-order valence-electron chi connectivity index (χ0n) is 9.95. The van der Waals surface area contributed by atoms with Crippen molar-refractivity contribution in [1.29, 1.82) is 0 Å². The van der Waals surface area contributed by atoms with Crippen LogP contribution < -0.4 is 5.32 Å². The predicted molar refractivity (Wildman–Crippen MR) is 60.3 cm³/mol. The van der Waals surface area contributed by atoms with Crippen molar-refractivity contribution in [1.82, 2.24) is 10.2 Å². The van der Waals surface area contributed by atoms with E-state index in [1.165, 1.54) is 13.4 Å². The summed E-state index contributed by atoms with van der Waals surface area (Å²) < 4.78 is 9.80. The summed E-state index contributed by atoms with van der Waals surface area (Å²) in [6.07, 6.45) is 1.41. The Labute approximate surface area is 95.4 Å². The molecule has 0 aliphatic carbocycles. The Hall–Kier alpha value is -1.33. The van der Waals surface area contributed by atoms with Crippen LogP contribution in [0.1, 0.15) is 16.1 Å². The van der Waals surface area contributed by atoms with Gasteiger partial charge in [0.2, 0.25) is 0 Å². The molecule has 0 radical (unpaired) electrons. The lowest BCUT2D eigenvalue weighted by atomic mass is 10.3. The number of methoxy groups -OCH3 is 1. The van der Waals surface area contributed by atoms with E-state index in [9.17, 15) is 4.79 Å². The molecule has 0 saturated heterocycles. The second kappa shape index (κ2) is 6.30. The first-order chi connectivity index (χ1) is 7.63. The van der Waals surface area contributed by atoms with Crippen molar-refractivity contribution in [3.8, 4) is 0 Å². The van der Waals surface area contributed by atoms with Crippen LogP contribution in [0.5, 0.6) is 0 Å². The van der Waals surface area contributed by atoms with Crippen LogP contribution in [0, 0.1) is 0 Å². The van der Waals surface area contributed by atoms with Crippen LogP contribution in [0.25, 0.3) is 0 Å². The number of hydrogen-bond donors (Lipinski definition) is 1. The van der Waals surface area contributed by atoms with Crippen molar-refractivity contribution in [2.75, 3.05) is 34.3 Å². The van der Waals surface area contributed by atoms with Crippen LogP contribution in [-0.2, 0) is 11.3 Å². The normalized spacial score (nSPS) is 10.8. The molecule has 1 aromatic rings. The molecule has 16 heavy (non-hydrogen) atoms. The van der Waals surface area contributed by atoms with Crippen molar-refractivity contribution in [2.45, 2.75) is 6.54 Å². The summed E-state index contributed by atoms with van der Waals surface area (Å²) in [6, 6.07) is 1.69. The largest absolute Gasteiger partial charge is 0.467 e. The van der Waals surface area contributed by atoms with E-state index in [0.29, 0.717) is 12.1 Å². The highest BCUT2D eigenvalue weighted by atomic mass is 16.5. The number of carbonyl (C=O) groups is 1. The molecule has 0 unspecified atom stereocenters. The van der Waals surface area contributed by atoms with E-state index in [1.807, 2.05) is 14.1 Å². The molecule has 1 N–H and O–H groups in total. The van der Waals surface area contributed by atoms with Gasteiger partial charge in [-0.25, -0.2) is 4.79 Å². The molecule has 0 saturated carbocycles. The molecule has 0 amide bonds. The van der Waals surface area contributed by atoms with Crippen molar-refractivity contribution in [2.24, 2.45) is 0 Å². The second-order valence-corrected chi connectivity index (χ2v) is 3.77. The monoisotopic (exact) mass is 226 g/mol. The molecular formula is C11H18N2O3. The number of esters is 1. The van der Waals surface area contributed by atoms with Crippen LogP contribution >= 0.6 is 0 Å². The minimum absolute atomic E-state index is 0.372. The van der Waals surface area contributed by atoms with Crippen molar-refractivity contribution < 1.29 is 13.9 Å². The van der Waals surface area contributed by atoms with Gasteiger partial charge >= 0.3 is 5.97 Å². The van der Waals surface area contributed by atoms with Crippen LogP contribution in [0.15, 0.2) is 16.7 Å². The molecule has 5 heteroatoms. The van der Waals surface area contributed by atoms with Crippen LogP contribution in [0.2, 0.25) is 0 Å². The lowest BCUT2D eigenvalue weighted by molar-refractivity contribution is 0.0600. The first-order valence-corrected chi connectivity index (χ1v) is 5.14. The maximum Gasteiger partial charge on any atom is 0.341 e. The van der Waals surface area contributed by atoms with Gasteiger partial charge < -0.3 is 19.4 Å². The average Bonchev–Trinajstić information content (AvgIpc) is 2.71. The molecule has 0 spiro atoms. The highest BCUT2D eigenvalue weighted by Crippen LogP contribution is 2.08. The minimum Gasteiger partial charge on any atom is -0.467 e. The molecule has 1 rings (SSSR count). The molecule has 0 aliphatic heterocycles. The summed E-state index contributed by atoms with van der Waals surface area (Å²) >= 11 is 0. The van der Waals surface area contributed by atoms with E-state index in [4.69, 9.17) is 4.42 Å². The fourth-order valence-corrected chi connectivity index (χ4v) is 1.21. The quantitative estimate of drug-likeness (QED) is 0.572. The van der Waals surface area contributed by atoms with Gasteiger partial charge in [0.05, 0.1) is 19.2 Å². The summed E-state index contributed by atoms with van der Waals surface area (Å²) in [4.78, 5) is 13.2. The van der Waals surface area contributed by atoms with Crippen molar-refractivity contribution in [3.05, 3.63) is 23.7 Å². The van der Waals surface area contributed by atoms with E-state index in [0.717, 1.165) is 18.8 Å². The first kappa shape index (κ1) is 12.7. The van der Waals surface area contributed by atoms with Crippen molar-refractivity contribution >= 4 is 5.97 Å². The van der Waals surface area contributed by atoms with E-state index in [-0.39, 0.29) is 5.97 Å². The highest BCUT2D eigenvalue weighted by molar-refractivity contribution is 5.88. The fourth-order valence-electron chi connectivity index (χ4n) is 1.21. The molecular weight excluding hydrogens is 208 g/mol. The summed E-state index contributed by atoms with van der Waals surface area (Å²) in [6.45, 7) is 2.46. The maximum absolute atomic E-state index is 11.1. The second-order valence-electron chi connectivity index (χ2n) is 3.77. The van der Waals surface area contributed by atoms with Gasteiger partial charge in [0.1, 0.15) is 12.0 Å². The van der Waals surface area contributed by atoms with E-state index >= 15 is 0 Å². The van der Waals surface area contributed by atoms with Crippen LogP contribution in [0.3, 0.4) is 0 Å². The molecule has 5 nitrogen and oxygen atoms in total. The standard InChI is InChI=1S/C11H18N2O3/c1-13(2)5-4-12-7-10-6-9(8-16-10)11(14)15-3/h6,8,12H,4-5,7H2,1-3H3. The Morgan fingerprint density at radius 3 is 2.94 bits per heavy atom. The molecule has 0 atom stereocenters. The zero-order valence-corrected chi connectivity index (χ0v) is 9.95. The molecule has 0 aliphatic rings. The van der Waals surface area contributed by atoms with E-state index in [2.05, 4.69) is 15.0 Å². The summed E-state index contributed by atoms with van der Waals surface area (Å²) in [5.41, 5.74) is 0.451. The Morgan fingerprint density at radius 2 is 2.31 bits per heavy atom. The lowest BCUT2D eigenvalue weighted by Crippen LogP contribution is -2.26. The molecule has 90 valence electrons. The Balaban J connectivity index is 2.32. The smallest absolute Gasteiger partial charge is 0.341 e. The third-order valence-corrected chi connectivity index (χ3v) is 2.11. The van der Waals surface area contributed by atoms with Gasteiger partial charge in [-0.1, -0.05) is 0 Å². The van der Waals surface area contributed by atoms with Gasteiger partial charge in [0.25, 0.3) is 0 Å². The third kappa shape index (κ3) is 4.04. The summed E-state index contributed by atoms with van der Waals surface area (Å²) in [5, 5.41) is 3.22. The highest BCUT2D eigenvalue weighted by Gasteiger charge is 2.09. The number of carbonyl (C=O) groups excluding carboxylic acids is 1. The number of nitrogens with one attached hydrogen (secondary N) is 1. The van der Waals surface area contributed by atoms with Gasteiger partial charge in [0, 0.05) is 13.1 Å². The molecule has 1 heterocycles. The minimum atomic E-state index is -0.372. The number of rotatable bonds is 6. The number of hydrogen-bond acceptors (Lipinski definition) is 5. The Morgan fingerprint density at radius 1 is 1.56 bits per heavy atom. The van der Waals surface area contributed by atoms with Gasteiger partial charge in [-0.15, -0.1) is 0 Å². The number of nitrogens with zero attached hydrogens (tertiary/aromatic N) is 1. The van der Waals surface area contributed by atoms with Crippen molar-refractivity contribution in [3.63, 3.8) is 0 Å². The predicted octanol–water partition coefficient (Wildman–Crippen LogP) is 0.717. The fraction of sp³-hybridized carbons (Fsp3) is 0.545. The van der Waals surface area contributed by atoms with Gasteiger partial charge in [-0.3, -0.25) is 0 Å². The Kier molecular flexibility index (Phi) is 5.01. The molecule has 0 fully saturated rings. The lowest BCUT2D eigenvalue weighted by Gasteiger charge is -2.09. The van der Waals surface area contributed by atoms with E-state index < -0.39 is 0 Å². The zero-order chi connectivity index (χ0) is 12.0. The first-order valence-electron chi connectivity index (χ1n) is 5.14. The number of likely N-dealkylation sites (N-methyl/N-ethyl adjacent to an activating group) is 1. The maximum atomic E-state index is 11.1. The van der Waals surface area contributed by atoms with Gasteiger partial charge in [0.15, 0.2) is 0 Å². The van der Waals surface area contributed by atoms with E-state index in [1.54, 1.807) is 6.07 Å². The summed E-state index contributed by atoms with van der Waals surface area (Å²) in [5.74, 6) is 0.363. The van der Waals surface area contributed by atoms with Gasteiger partial charge in [-0.2, -0.15) is 0 Å². The average molecular weight is 226 g/mol. The number of ether oxygens (including phenoxy) is 1. The molecule has 0 bridgehead atoms. The topological polar surface area (TPSA) is 54.7 Å². The Bertz CT molecular complexity index is 334. The van der Waals surface area contributed by atoms with Gasteiger partial charge in [-0.05, 0) is 20.2 Å². The van der Waals surface area contributed by atoms with Crippen LogP contribution in [0.4, 0.5) is 0 Å². The SMILES string of the molecule is COC(=O)c1coc(CNCCN(C)C)c1.